The van der Waals surface area contributed by atoms with Crippen LogP contribution in [0.1, 0.15) is 32.1 Å². The highest BCUT2D eigenvalue weighted by atomic mass is 16.6. The Balaban J connectivity index is 1.90. The van der Waals surface area contributed by atoms with E-state index in [1.807, 2.05) is 6.07 Å². The van der Waals surface area contributed by atoms with E-state index < -0.39 is 0 Å². The minimum atomic E-state index is -0.345. The summed E-state index contributed by atoms with van der Waals surface area (Å²) in [4.78, 5) is 10.5. The van der Waals surface area contributed by atoms with Crippen LogP contribution >= 0.6 is 0 Å². The van der Waals surface area contributed by atoms with E-state index in [2.05, 4.69) is 11.4 Å². The normalized spacial score (nSPS) is 15.0. The van der Waals surface area contributed by atoms with E-state index in [9.17, 15) is 10.1 Å². The molecule has 0 radical (unpaired) electrons. The first-order valence-electron chi connectivity index (χ1n) is 6.42. The van der Waals surface area contributed by atoms with E-state index in [1.165, 1.54) is 37.3 Å². The molecule has 1 aromatic rings. The maximum Gasteiger partial charge on any atom is 0.292 e. The number of hydrogen-bond acceptors (Lipinski definition) is 3. The van der Waals surface area contributed by atoms with Gasteiger partial charge in [-0.3, -0.25) is 10.1 Å². The molecule has 0 aliphatic heterocycles. The molecule has 0 unspecified atom stereocenters. The molecule has 4 nitrogen and oxygen atoms in total. The summed E-state index contributed by atoms with van der Waals surface area (Å²) in [6, 6.07) is 6.79. The molecule has 0 aromatic heterocycles. The monoisotopic (exact) mass is 246 g/mol. The van der Waals surface area contributed by atoms with E-state index in [0.29, 0.717) is 5.69 Å². The first-order chi connectivity index (χ1) is 8.77. The van der Waals surface area contributed by atoms with Crippen LogP contribution in [-0.2, 0) is 0 Å². The Morgan fingerprint density at radius 2 is 2.11 bits per heavy atom. The summed E-state index contributed by atoms with van der Waals surface area (Å²) in [6.07, 6.45) is 8.22. The van der Waals surface area contributed by atoms with Gasteiger partial charge in [-0.05, 0) is 38.2 Å². The van der Waals surface area contributed by atoms with Gasteiger partial charge < -0.3 is 5.32 Å². The highest BCUT2D eigenvalue weighted by Crippen LogP contribution is 2.24. The predicted octanol–water partition coefficient (Wildman–Crippen LogP) is 3.90. The van der Waals surface area contributed by atoms with Crippen molar-refractivity contribution in [2.75, 3.05) is 11.9 Å². The maximum atomic E-state index is 10.8. The predicted molar refractivity (Wildman–Crippen MR) is 72.8 cm³/mol. The average Bonchev–Trinajstić information content (AvgIpc) is 2.40. The van der Waals surface area contributed by atoms with Crippen LogP contribution in [-0.4, -0.2) is 11.5 Å². The van der Waals surface area contributed by atoms with Gasteiger partial charge in [0.1, 0.15) is 5.69 Å². The molecule has 0 amide bonds. The molecule has 4 heteroatoms. The van der Waals surface area contributed by atoms with Crippen molar-refractivity contribution in [3.63, 3.8) is 0 Å². The van der Waals surface area contributed by atoms with Crippen LogP contribution < -0.4 is 5.32 Å². The highest BCUT2D eigenvalue weighted by molar-refractivity contribution is 5.61. The Bertz CT molecular complexity index is 455. The van der Waals surface area contributed by atoms with Crippen molar-refractivity contribution in [2.24, 2.45) is 0 Å². The molecule has 1 aliphatic rings. The SMILES string of the molecule is O=[N+]([O-])c1ccccc1NCCC1=CCCCC1. The number of hydrogen-bond donors (Lipinski definition) is 1. The summed E-state index contributed by atoms with van der Waals surface area (Å²) in [7, 11) is 0. The lowest BCUT2D eigenvalue weighted by molar-refractivity contribution is -0.384. The zero-order valence-corrected chi connectivity index (χ0v) is 10.4. The topological polar surface area (TPSA) is 55.2 Å². The number of para-hydroxylation sites is 2. The molecule has 18 heavy (non-hydrogen) atoms. The number of rotatable bonds is 5. The first-order valence-corrected chi connectivity index (χ1v) is 6.42. The molecule has 0 saturated carbocycles. The van der Waals surface area contributed by atoms with E-state index in [0.717, 1.165) is 13.0 Å². The summed E-state index contributed by atoms with van der Waals surface area (Å²) in [5.74, 6) is 0. The molecule has 1 N–H and O–H groups in total. The number of nitro benzene ring substituents is 1. The second-order valence-electron chi connectivity index (χ2n) is 4.56. The molecule has 1 aliphatic carbocycles. The Hall–Kier alpha value is -1.84. The molecule has 2 rings (SSSR count). The zero-order valence-electron chi connectivity index (χ0n) is 10.4. The second-order valence-corrected chi connectivity index (χ2v) is 4.56. The van der Waals surface area contributed by atoms with E-state index >= 15 is 0 Å². The lowest BCUT2D eigenvalue weighted by atomic mass is 9.97. The average molecular weight is 246 g/mol. The smallest absolute Gasteiger partial charge is 0.292 e. The van der Waals surface area contributed by atoms with Crippen LogP contribution in [0, 0.1) is 10.1 Å². The van der Waals surface area contributed by atoms with Crippen LogP contribution in [0.3, 0.4) is 0 Å². The van der Waals surface area contributed by atoms with Crippen LogP contribution in [0.25, 0.3) is 0 Å². The third kappa shape index (κ3) is 3.32. The molecule has 0 heterocycles. The Labute approximate surface area is 107 Å². The molecule has 0 atom stereocenters. The third-order valence-corrected chi connectivity index (χ3v) is 3.25. The fraction of sp³-hybridized carbons (Fsp3) is 0.429. The van der Waals surface area contributed by atoms with Crippen molar-refractivity contribution in [1.29, 1.82) is 0 Å². The van der Waals surface area contributed by atoms with Gasteiger partial charge in [-0.2, -0.15) is 0 Å². The fourth-order valence-corrected chi connectivity index (χ4v) is 2.27. The van der Waals surface area contributed by atoms with Gasteiger partial charge in [-0.15, -0.1) is 0 Å². The Morgan fingerprint density at radius 3 is 2.83 bits per heavy atom. The van der Waals surface area contributed by atoms with E-state index in [1.54, 1.807) is 12.1 Å². The van der Waals surface area contributed by atoms with Crippen LogP contribution in [0.5, 0.6) is 0 Å². The molecule has 0 saturated heterocycles. The van der Waals surface area contributed by atoms with Gasteiger partial charge in [-0.1, -0.05) is 23.8 Å². The second kappa shape index (κ2) is 6.19. The van der Waals surface area contributed by atoms with Crippen LogP contribution in [0.15, 0.2) is 35.9 Å². The number of benzene rings is 1. The quantitative estimate of drug-likeness (QED) is 0.487. The lowest BCUT2D eigenvalue weighted by Crippen LogP contribution is -2.06. The summed E-state index contributed by atoms with van der Waals surface area (Å²) in [6.45, 7) is 0.761. The van der Waals surface area contributed by atoms with E-state index in [-0.39, 0.29) is 10.6 Å². The molecule has 96 valence electrons. The number of nitro groups is 1. The van der Waals surface area contributed by atoms with Crippen LogP contribution in [0.4, 0.5) is 11.4 Å². The van der Waals surface area contributed by atoms with Gasteiger partial charge >= 0.3 is 0 Å². The highest BCUT2D eigenvalue weighted by Gasteiger charge is 2.11. The van der Waals surface area contributed by atoms with Crippen molar-refractivity contribution in [1.82, 2.24) is 0 Å². The minimum Gasteiger partial charge on any atom is -0.379 e. The van der Waals surface area contributed by atoms with Crippen molar-refractivity contribution in [2.45, 2.75) is 32.1 Å². The minimum absolute atomic E-state index is 0.148. The van der Waals surface area contributed by atoms with Gasteiger partial charge in [-0.25, -0.2) is 0 Å². The lowest BCUT2D eigenvalue weighted by Gasteiger charge is -2.13. The van der Waals surface area contributed by atoms with Gasteiger partial charge in [0.05, 0.1) is 4.92 Å². The third-order valence-electron chi connectivity index (χ3n) is 3.25. The van der Waals surface area contributed by atoms with Crippen molar-refractivity contribution in [3.8, 4) is 0 Å². The summed E-state index contributed by atoms with van der Waals surface area (Å²) in [5, 5.41) is 14.0. The van der Waals surface area contributed by atoms with Gasteiger partial charge in [0.25, 0.3) is 5.69 Å². The molecule has 0 fully saturated rings. The molecule has 0 bridgehead atoms. The molecule has 1 aromatic carbocycles. The molecular formula is C14H18N2O2. The number of allylic oxidation sites excluding steroid dienone is 1. The van der Waals surface area contributed by atoms with E-state index in [4.69, 9.17) is 0 Å². The van der Waals surface area contributed by atoms with Gasteiger partial charge in [0.2, 0.25) is 0 Å². The number of nitrogens with zero attached hydrogens (tertiary/aromatic N) is 1. The Morgan fingerprint density at radius 1 is 1.28 bits per heavy atom. The van der Waals surface area contributed by atoms with Gasteiger partial charge in [0, 0.05) is 12.6 Å². The maximum absolute atomic E-state index is 10.8. The Kier molecular flexibility index (Phi) is 4.34. The van der Waals surface area contributed by atoms with Crippen molar-refractivity contribution >= 4 is 11.4 Å². The number of nitrogens with one attached hydrogen (secondary N) is 1. The van der Waals surface area contributed by atoms with Gasteiger partial charge in [0.15, 0.2) is 0 Å². The van der Waals surface area contributed by atoms with Crippen LogP contribution in [0.2, 0.25) is 0 Å². The van der Waals surface area contributed by atoms with Crippen molar-refractivity contribution in [3.05, 3.63) is 46.0 Å². The summed E-state index contributed by atoms with van der Waals surface area (Å²) < 4.78 is 0. The standard InChI is InChI=1S/C14H18N2O2/c17-16(18)14-9-5-4-8-13(14)15-11-10-12-6-2-1-3-7-12/h4-6,8-9,15H,1-3,7,10-11H2. The summed E-state index contributed by atoms with van der Waals surface area (Å²) >= 11 is 0. The fourth-order valence-electron chi connectivity index (χ4n) is 2.27. The number of anilines is 1. The zero-order chi connectivity index (χ0) is 12.8. The summed E-state index contributed by atoms with van der Waals surface area (Å²) in [5.41, 5.74) is 2.24. The molecule has 0 spiro atoms. The largest absolute Gasteiger partial charge is 0.379 e. The van der Waals surface area contributed by atoms with Crippen molar-refractivity contribution < 1.29 is 4.92 Å². The molecular weight excluding hydrogens is 228 g/mol. The first kappa shape index (κ1) is 12.6.